The Bertz CT molecular complexity index is 336. The standard InChI is InChI=1S/C14H22N2O2/c1-11(13(17)16-14(10-15)8-9-14)18-12-6-4-2-3-5-7-12/h11-12H,2-9H2,1H3,(H,16,17)/t11-/m1/s1. The lowest BCUT2D eigenvalue weighted by molar-refractivity contribution is -0.136. The molecule has 0 bridgehead atoms. The number of nitrogens with one attached hydrogen (secondary N) is 1. The van der Waals surface area contributed by atoms with Crippen LogP contribution in [0.3, 0.4) is 0 Å². The summed E-state index contributed by atoms with van der Waals surface area (Å²) in [6.45, 7) is 1.79. The molecule has 18 heavy (non-hydrogen) atoms. The van der Waals surface area contributed by atoms with Crippen molar-refractivity contribution in [1.29, 1.82) is 5.26 Å². The highest BCUT2D eigenvalue weighted by Crippen LogP contribution is 2.34. The van der Waals surface area contributed by atoms with Crippen LogP contribution in [-0.2, 0) is 9.53 Å². The fraction of sp³-hybridized carbons (Fsp3) is 0.857. The molecule has 2 saturated carbocycles. The first-order valence-electron chi connectivity index (χ1n) is 7.04. The average Bonchev–Trinajstić information content (AvgIpc) is 3.14. The van der Waals surface area contributed by atoms with Crippen molar-refractivity contribution in [3.63, 3.8) is 0 Å². The van der Waals surface area contributed by atoms with Crippen LogP contribution >= 0.6 is 0 Å². The minimum Gasteiger partial charge on any atom is -0.365 e. The van der Waals surface area contributed by atoms with Gasteiger partial charge in [-0.25, -0.2) is 0 Å². The largest absolute Gasteiger partial charge is 0.365 e. The monoisotopic (exact) mass is 250 g/mol. The van der Waals surface area contributed by atoms with Crippen LogP contribution < -0.4 is 5.32 Å². The molecule has 0 saturated heterocycles. The minimum absolute atomic E-state index is 0.140. The fourth-order valence-electron chi connectivity index (χ4n) is 2.46. The number of hydrogen-bond acceptors (Lipinski definition) is 3. The summed E-state index contributed by atoms with van der Waals surface area (Å²) in [5, 5.41) is 11.7. The Balaban J connectivity index is 1.78. The van der Waals surface area contributed by atoms with E-state index in [4.69, 9.17) is 10.00 Å². The number of amides is 1. The van der Waals surface area contributed by atoms with E-state index in [2.05, 4.69) is 11.4 Å². The summed E-state index contributed by atoms with van der Waals surface area (Å²) in [6.07, 6.45) is 8.36. The Kier molecular flexibility index (Phi) is 4.23. The molecule has 2 fully saturated rings. The second kappa shape index (κ2) is 5.71. The highest BCUT2D eigenvalue weighted by Gasteiger charge is 2.45. The quantitative estimate of drug-likeness (QED) is 0.779. The summed E-state index contributed by atoms with van der Waals surface area (Å²) in [7, 11) is 0. The van der Waals surface area contributed by atoms with Gasteiger partial charge in [0.25, 0.3) is 0 Å². The van der Waals surface area contributed by atoms with Gasteiger partial charge in [0.05, 0.1) is 12.2 Å². The lowest BCUT2D eigenvalue weighted by Gasteiger charge is -2.21. The van der Waals surface area contributed by atoms with E-state index in [9.17, 15) is 4.79 Å². The third kappa shape index (κ3) is 3.46. The van der Waals surface area contributed by atoms with Gasteiger partial charge in [-0.1, -0.05) is 25.7 Å². The number of rotatable bonds is 4. The molecule has 100 valence electrons. The van der Waals surface area contributed by atoms with E-state index in [-0.39, 0.29) is 12.0 Å². The van der Waals surface area contributed by atoms with E-state index in [1.807, 2.05) is 0 Å². The molecule has 2 aliphatic rings. The Morgan fingerprint density at radius 1 is 1.33 bits per heavy atom. The van der Waals surface area contributed by atoms with Gasteiger partial charge in [0, 0.05) is 0 Å². The van der Waals surface area contributed by atoms with Gasteiger partial charge in [0.2, 0.25) is 5.91 Å². The summed E-state index contributed by atoms with van der Waals surface area (Å²) in [4.78, 5) is 11.9. The molecule has 4 nitrogen and oxygen atoms in total. The van der Waals surface area contributed by atoms with Crippen LogP contribution in [0.25, 0.3) is 0 Å². The predicted octanol–water partition coefficient (Wildman–Crippen LogP) is 2.29. The molecule has 1 amide bonds. The molecule has 0 spiro atoms. The zero-order valence-corrected chi connectivity index (χ0v) is 11.1. The van der Waals surface area contributed by atoms with Crippen LogP contribution in [-0.4, -0.2) is 23.7 Å². The molecule has 0 radical (unpaired) electrons. The fourth-order valence-corrected chi connectivity index (χ4v) is 2.46. The molecule has 0 aromatic heterocycles. The zero-order valence-electron chi connectivity index (χ0n) is 11.1. The van der Waals surface area contributed by atoms with Crippen molar-refractivity contribution in [2.24, 2.45) is 0 Å². The summed E-state index contributed by atoms with van der Waals surface area (Å²) < 4.78 is 5.83. The first-order valence-corrected chi connectivity index (χ1v) is 7.04. The minimum atomic E-state index is -0.585. The first-order chi connectivity index (χ1) is 8.65. The van der Waals surface area contributed by atoms with Gasteiger partial charge < -0.3 is 10.1 Å². The molecule has 1 N–H and O–H groups in total. The van der Waals surface area contributed by atoms with Gasteiger partial charge in [-0.15, -0.1) is 0 Å². The summed E-state index contributed by atoms with van der Waals surface area (Å²) >= 11 is 0. The van der Waals surface area contributed by atoms with Crippen molar-refractivity contribution in [3.8, 4) is 6.07 Å². The molecule has 0 unspecified atom stereocenters. The van der Waals surface area contributed by atoms with Gasteiger partial charge in [0.15, 0.2) is 0 Å². The average molecular weight is 250 g/mol. The second-order valence-electron chi connectivity index (χ2n) is 5.58. The summed E-state index contributed by atoms with van der Waals surface area (Å²) in [5.74, 6) is -0.140. The van der Waals surface area contributed by atoms with E-state index in [0.29, 0.717) is 0 Å². The molecular weight excluding hydrogens is 228 g/mol. The molecule has 0 aromatic rings. The molecule has 4 heteroatoms. The van der Waals surface area contributed by atoms with Gasteiger partial charge in [-0.05, 0) is 32.6 Å². The van der Waals surface area contributed by atoms with Gasteiger partial charge >= 0.3 is 0 Å². The number of carbonyl (C=O) groups excluding carboxylic acids is 1. The van der Waals surface area contributed by atoms with Gasteiger partial charge in [0.1, 0.15) is 11.6 Å². The molecule has 1 atom stereocenters. The third-order valence-electron chi connectivity index (χ3n) is 3.89. The number of hydrogen-bond donors (Lipinski definition) is 1. The zero-order chi connectivity index (χ0) is 13.0. The maximum atomic E-state index is 11.9. The SMILES string of the molecule is C[C@@H](OC1CCCCCC1)C(=O)NC1(C#N)CC1. The van der Waals surface area contributed by atoms with Crippen LogP contribution in [0, 0.1) is 11.3 Å². The van der Waals surface area contributed by atoms with Crippen LogP contribution in [0.2, 0.25) is 0 Å². The maximum Gasteiger partial charge on any atom is 0.250 e. The Labute approximate surface area is 109 Å². The topological polar surface area (TPSA) is 62.1 Å². The predicted molar refractivity (Wildman–Crippen MR) is 67.8 cm³/mol. The Morgan fingerprint density at radius 2 is 1.94 bits per heavy atom. The van der Waals surface area contributed by atoms with Gasteiger partial charge in [-0.3, -0.25) is 4.79 Å². The molecule has 2 rings (SSSR count). The number of ether oxygens (including phenoxy) is 1. The van der Waals surface area contributed by atoms with Crippen molar-refractivity contribution in [3.05, 3.63) is 0 Å². The maximum absolute atomic E-state index is 11.9. The normalized spacial score (nSPS) is 24.7. The summed E-state index contributed by atoms with van der Waals surface area (Å²) in [6, 6.07) is 2.16. The van der Waals surface area contributed by atoms with E-state index < -0.39 is 11.6 Å². The highest BCUT2D eigenvalue weighted by molar-refractivity contribution is 5.82. The van der Waals surface area contributed by atoms with Crippen LogP contribution in [0.5, 0.6) is 0 Å². The lowest BCUT2D eigenvalue weighted by atomic mass is 10.1. The molecule has 0 aliphatic heterocycles. The van der Waals surface area contributed by atoms with Crippen molar-refractivity contribution >= 4 is 5.91 Å². The molecule has 0 heterocycles. The van der Waals surface area contributed by atoms with E-state index in [0.717, 1.165) is 25.7 Å². The highest BCUT2D eigenvalue weighted by atomic mass is 16.5. The Hall–Kier alpha value is -1.08. The third-order valence-corrected chi connectivity index (χ3v) is 3.89. The van der Waals surface area contributed by atoms with E-state index >= 15 is 0 Å². The number of nitriles is 1. The van der Waals surface area contributed by atoms with Crippen molar-refractivity contribution < 1.29 is 9.53 Å². The Morgan fingerprint density at radius 3 is 2.44 bits per heavy atom. The van der Waals surface area contributed by atoms with Gasteiger partial charge in [-0.2, -0.15) is 5.26 Å². The molecular formula is C14H22N2O2. The van der Waals surface area contributed by atoms with Crippen LogP contribution in [0.4, 0.5) is 0 Å². The summed E-state index contributed by atoms with van der Waals surface area (Å²) in [5.41, 5.74) is -0.585. The molecule has 0 aromatic carbocycles. The van der Waals surface area contributed by atoms with Crippen LogP contribution in [0.15, 0.2) is 0 Å². The molecule has 2 aliphatic carbocycles. The first kappa shape index (κ1) is 13.4. The van der Waals surface area contributed by atoms with Crippen molar-refractivity contribution in [2.45, 2.75) is 76.0 Å². The van der Waals surface area contributed by atoms with Crippen LogP contribution in [0.1, 0.15) is 58.3 Å². The number of nitrogens with zero attached hydrogens (tertiary/aromatic N) is 1. The van der Waals surface area contributed by atoms with E-state index in [1.54, 1.807) is 6.92 Å². The van der Waals surface area contributed by atoms with Crippen molar-refractivity contribution in [2.75, 3.05) is 0 Å². The smallest absolute Gasteiger partial charge is 0.250 e. The number of carbonyl (C=O) groups is 1. The lowest BCUT2D eigenvalue weighted by Crippen LogP contribution is -2.43. The van der Waals surface area contributed by atoms with E-state index in [1.165, 1.54) is 25.7 Å². The second-order valence-corrected chi connectivity index (χ2v) is 5.58. The van der Waals surface area contributed by atoms with Crippen molar-refractivity contribution in [1.82, 2.24) is 5.32 Å².